The lowest BCUT2D eigenvalue weighted by atomic mass is 9.98. The van der Waals surface area contributed by atoms with Crippen LogP contribution in [0.15, 0.2) is 30.5 Å². The second-order valence-corrected chi connectivity index (χ2v) is 7.54. The van der Waals surface area contributed by atoms with Gasteiger partial charge >= 0.3 is 6.61 Å². The number of nitrogens with one attached hydrogen (secondary N) is 1. The number of aryl methyl sites for hydroxylation is 1. The van der Waals surface area contributed by atoms with Gasteiger partial charge in [-0.15, -0.1) is 5.10 Å². The SMILES string of the molecule is Cc1cc(-c2nccc3[nH]nc(OC(F)F)c23)ccc1C1(S(=O)O)CC1. The van der Waals surface area contributed by atoms with Gasteiger partial charge in [0.1, 0.15) is 0 Å². The molecular formula is C17H15F2N3O3S. The third-order valence-corrected chi connectivity index (χ3v) is 5.97. The normalized spacial score (nSPS) is 16.8. The molecule has 0 spiro atoms. The Kier molecular flexibility index (Phi) is 4.00. The first-order chi connectivity index (χ1) is 12.4. The monoisotopic (exact) mass is 379 g/mol. The molecular weight excluding hydrogens is 364 g/mol. The van der Waals surface area contributed by atoms with E-state index in [2.05, 4.69) is 19.9 Å². The fourth-order valence-corrected chi connectivity index (χ4v) is 4.17. The molecule has 1 unspecified atom stereocenters. The van der Waals surface area contributed by atoms with Crippen LogP contribution in [0.2, 0.25) is 0 Å². The van der Waals surface area contributed by atoms with Gasteiger partial charge in [0, 0.05) is 11.8 Å². The number of nitrogens with zero attached hydrogens (tertiary/aromatic N) is 2. The van der Waals surface area contributed by atoms with Crippen molar-refractivity contribution in [1.82, 2.24) is 15.2 Å². The highest BCUT2D eigenvalue weighted by Gasteiger charge is 2.51. The standard InChI is InChI=1S/C17H15F2N3O3S/c1-9-8-10(2-3-11(9)17(5-6-17)26(23)24)14-13-12(4-7-20-14)21-22-15(13)25-16(18)19/h2-4,7-8,16H,5-6H2,1H3,(H,21,22)(H,23,24). The van der Waals surface area contributed by atoms with E-state index in [9.17, 15) is 17.5 Å². The van der Waals surface area contributed by atoms with Crippen molar-refractivity contribution in [2.75, 3.05) is 0 Å². The minimum Gasteiger partial charge on any atom is -0.415 e. The highest BCUT2D eigenvalue weighted by Crippen LogP contribution is 2.52. The van der Waals surface area contributed by atoms with Crippen molar-refractivity contribution in [2.24, 2.45) is 0 Å². The van der Waals surface area contributed by atoms with Crippen LogP contribution in [-0.4, -0.2) is 30.6 Å². The first-order valence-electron chi connectivity index (χ1n) is 7.93. The molecule has 1 aliphatic carbocycles. The number of fused-ring (bicyclic) bond motifs is 1. The molecule has 0 saturated heterocycles. The highest BCUT2D eigenvalue weighted by atomic mass is 32.2. The van der Waals surface area contributed by atoms with Crippen LogP contribution in [0.25, 0.3) is 22.2 Å². The van der Waals surface area contributed by atoms with E-state index in [1.165, 1.54) is 0 Å². The van der Waals surface area contributed by atoms with Gasteiger partial charge in [0.05, 0.1) is 21.3 Å². The predicted octanol–water partition coefficient (Wildman–Crippen LogP) is 3.75. The molecule has 4 rings (SSSR count). The summed E-state index contributed by atoms with van der Waals surface area (Å²) >= 11 is -1.94. The van der Waals surface area contributed by atoms with Gasteiger partial charge in [-0.2, -0.15) is 8.78 Å². The number of rotatable bonds is 5. The molecule has 26 heavy (non-hydrogen) atoms. The number of aromatic amines is 1. The Morgan fingerprint density at radius 2 is 2.12 bits per heavy atom. The summed E-state index contributed by atoms with van der Waals surface area (Å²) in [5.41, 5.74) is 3.35. The van der Waals surface area contributed by atoms with Gasteiger partial charge in [0.15, 0.2) is 11.1 Å². The van der Waals surface area contributed by atoms with E-state index in [1.54, 1.807) is 24.4 Å². The summed E-state index contributed by atoms with van der Waals surface area (Å²) in [5.74, 6) is -0.213. The predicted molar refractivity (Wildman–Crippen MR) is 92.4 cm³/mol. The average molecular weight is 379 g/mol. The molecule has 0 radical (unpaired) electrons. The van der Waals surface area contributed by atoms with Crippen molar-refractivity contribution in [3.8, 4) is 17.1 Å². The van der Waals surface area contributed by atoms with E-state index in [0.717, 1.165) is 11.1 Å². The molecule has 0 bridgehead atoms. The lowest BCUT2D eigenvalue weighted by molar-refractivity contribution is -0.0518. The molecule has 2 heterocycles. The average Bonchev–Trinajstić information content (AvgIpc) is 3.31. The number of alkyl halides is 2. The third kappa shape index (κ3) is 2.67. The Morgan fingerprint density at radius 1 is 1.35 bits per heavy atom. The molecule has 0 aliphatic heterocycles. The molecule has 1 aliphatic rings. The van der Waals surface area contributed by atoms with Gasteiger partial charge in [-0.1, -0.05) is 12.1 Å². The van der Waals surface area contributed by atoms with Gasteiger partial charge in [-0.25, -0.2) is 4.21 Å². The number of ether oxygens (including phenoxy) is 1. The zero-order valence-corrected chi connectivity index (χ0v) is 14.5. The molecule has 1 saturated carbocycles. The minimum absolute atomic E-state index is 0.213. The van der Waals surface area contributed by atoms with Crippen molar-refractivity contribution in [1.29, 1.82) is 0 Å². The second kappa shape index (κ2) is 6.10. The van der Waals surface area contributed by atoms with Crippen molar-refractivity contribution in [2.45, 2.75) is 31.1 Å². The molecule has 1 aromatic carbocycles. The number of benzene rings is 1. The fourth-order valence-electron chi connectivity index (χ4n) is 3.30. The maximum Gasteiger partial charge on any atom is 0.388 e. The van der Waals surface area contributed by atoms with Crippen molar-refractivity contribution >= 4 is 22.0 Å². The number of hydrogen-bond acceptors (Lipinski definition) is 4. The molecule has 0 amide bonds. The summed E-state index contributed by atoms with van der Waals surface area (Å²) in [6, 6.07) is 7.04. The van der Waals surface area contributed by atoms with Crippen molar-refractivity contribution in [3.63, 3.8) is 0 Å². The van der Waals surface area contributed by atoms with E-state index in [-0.39, 0.29) is 5.88 Å². The summed E-state index contributed by atoms with van der Waals surface area (Å²) < 4.78 is 50.4. The molecule has 2 aromatic heterocycles. The summed E-state index contributed by atoms with van der Waals surface area (Å²) in [5, 5.41) is 6.82. The molecule has 1 fully saturated rings. The Balaban J connectivity index is 1.82. The van der Waals surface area contributed by atoms with Crippen molar-refractivity contribution in [3.05, 3.63) is 41.6 Å². The number of H-pyrrole nitrogens is 1. The summed E-state index contributed by atoms with van der Waals surface area (Å²) in [7, 11) is 0. The van der Waals surface area contributed by atoms with Crippen LogP contribution >= 0.6 is 0 Å². The Morgan fingerprint density at radius 3 is 2.73 bits per heavy atom. The van der Waals surface area contributed by atoms with Gasteiger partial charge < -0.3 is 9.29 Å². The van der Waals surface area contributed by atoms with E-state index < -0.39 is 22.4 Å². The molecule has 3 aromatic rings. The summed E-state index contributed by atoms with van der Waals surface area (Å²) in [4.78, 5) is 4.31. The van der Waals surface area contributed by atoms with E-state index >= 15 is 0 Å². The largest absolute Gasteiger partial charge is 0.415 e. The maximum absolute atomic E-state index is 12.6. The molecule has 1 atom stereocenters. The van der Waals surface area contributed by atoms with Gasteiger partial charge in [-0.05, 0) is 43.0 Å². The quantitative estimate of drug-likeness (QED) is 0.659. The van der Waals surface area contributed by atoms with Crippen LogP contribution in [0, 0.1) is 6.92 Å². The van der Waals surface area contributed by atoms with Gasteiger partial charge in [0.25, 0.3) is 0 Å². The first kappa shape index (κ1) is 17.0. The third-order valence-electron chi connectivity index (χ3n) is 4.67. The van der Waals surface area contributed by atoms with Gasteiger partial charge in [-0.3, -0.25) is 10.1 Å². The van der Waals surface area contributed by atoms with Crippen LogP contribution in [0.5, 0.6) is 5.88 Å². The Labute approximate surface area is 149 Å². The lowest BCUT2D eigenvalue weighted by Gasteiger charge is -2.15. The topological polar surface area (TPSA) is 88.1 Å². The van der Waals surface area contributed by atoms with Crippen LogP contribution in [-0.2, 0) is 15.8 Å². The Hall–Kier alpha value is -2.39. The smallest absolute Gasteiger partial charge is 0.388 e. The zero-order chi connectivity index (χ0) is 18.5. The van der Waals surface area contributed by atoms with E-state index in [1.807, 2.05) is 13.0 Å². The fraction of sp³-hybridized carbons (Fsp3) is 0.294. The molecule has 6 nitrogen and oxygen atoms in total. The Bertz CT molecular complexity index is 1020. The van der Waals surface area contributed by atoms with Crippen molar-refractivity contribution < 1.29 is 22.3 Å². The first-order valence-corrected chi connectivity index (χ1v) is 9.03. The number of aromatic nitrogens is 3. The lowest BCUT2D eigenvalue weighted by Crippen LogP contribution is -2.14. The number of hydrogen-bond donors (Lipinski definition) is 2. The summed E-state index contributed by atoms with van der Waals surface area (Å²) in [6.45, 7) is -1.13. The zero-order valence-electron chi connectivity index (χ0n) is 13.7. The van der Waals surface area contributed by atoms with Crippen LogP contribution in [0.4, 0.5) is 8.78 Å². The maximum atomic E-state index is 12.6. The number of pyridine rings is 1. The highest BCUT2D eigenvalue weighted by molar-refractivity contribution is 7.80. The second-order valence-electron chi connectivity index (χ2n) is 6.26. The van der Waals surface area contributed by atoms with Crippen LogP contribution in [0.1, 0.15) is 24.0 Å². The van der Waals surface area contributed by atoms with E-state index in [4.69, 9.17) is 0 Å². The molecule has 2 N–H and O–H groups in total. The van der Waals surface area contributed by atoms with Crippen LogP contribution < -0.4 is 4.74 Å². The minimum atomic E-state index is -2.99. The molecule has 136 valence electrons. The summed E-state index contributed by atoms with van der Waals surface area (Å²) in [6.07, 6.45) is 2.88. The van der Waals surface area contributed by atoms with E-state index in [0.29, 0.717) is 35.0 Å². The van der Waals surface area contributed by atoms with Gasteiger partial charge in [0.2, 0.25) is 5.88 Å². The number of halogens is 2. The van der Waals surface area contributed by atoms with Crippen LogP contribution in [0.3, 0.4) is 0 Å². The molecule has 9 heteroatoms.